The molecule has 5 heteroatoms. The fraction of sp³-hybridized carbons (Fsp3) is 0.833. The molecule has 0 saturated heterocycles. The number of esters is 1. The van der Waals surface area contributed by atoms with Crippen molar-refractivity contribution in [1.82, 2.24) is 5.32 Å². The van der Waals surface area contributed by atoms with Crippen LogP contribution in [-0.4, -0.2) is 24.6 Å². The number of unbranched alkanes of at least 4 members (excludes halogenated alkanes) is 5. The molecule has 0 saturated carbocycles. The zero-order valence-corrected chi connectivity index (χ0v) is 10.8. The van der Waals surface area contributed by atoms with E-state index in [0.29, 0.717) is 6.61 Å². The first-order chi connectivity index (χ1) is 8.07. The lowest BCUT2D eigenvalue weighted by molar-refractivity contribution is -0.145. The molecular weight excluding hydrogens is 220 g/mol. The van der Waals surface area contributed by atoms with Crippen LogP contribution in [0.4, 0.5) is 4.79 Å². The van der Waals surface area contributed by atoms with Crippen LogP contribution < -0.4 is 11.1 Å². The monoisotopic (exact) mass is 244 g/mol. The Balaban J connectivity index is 3.41. The predicted octanol–water partition coefficient (Wildman–Crippen LogP) is 1.95. The zero-order chi connectivity index (χ0) is 13.1. The number of primary amides is 1. The van der Waals surface area contributed by atoms with Gasteiger partial charge in [0.2, 0.25) is 0 Å². The second kappa shape index (κ2) is 9.93. The maximum Gasteiger partial charge on any atom is 0.328 e. The minimum Gasteiger partial charge on any atom is -0.464 e. The first-order valence-corrected chi connectivity index (χ1v) is 6.30. The molecule has 0 aliphatic heterocycles. The Morgan fingerprint density at radius 2 is 1.76 bits per heavy atom. The van der Waals surface area contributed by atoms with E-state index in [2.05, 4.69) is 12.2 Å². The molecule has 1 atom stereocenters. The molecule has 3 N–H and O–H groups in total. The Kier molecular flexibility index (Phi) is 9.19. The number of nitrogens with one attached hydrogen (secondary N) is 1. The number of amides is 2. The van der Waals surface area contributed by atoms with Gasteiger partial charge in [-0.3, -0.25) is 0 Å². The Bertz CT molecular complexity index is 232. The van der Waals surface area contributed by atoms with Gasteiger partial charge in [0.1, 0.15) is 6.04 Å². The zero-order valence-electron chi connectivity index (χ0n) is 10.8. The van der Waals surface area contributed by atoms with Crippen molar-refractivity contribution in [3.63, 3.8) is 0 Å². The van der Waals surface area contributed by atoms with Gasteiger partial charge in [-0.05, 0) is 13.3 Å². The number of nitrogens with two attached hydrogens (primary N) is 1. The van der Waals surface area contributed by atoms with Crippen LogP contribution in [0, 0.1) is 0 Å². The van der Waals surface area contributed by atoms with E-state index in [0.717, 1.165) is 12.8 Å². The van der Waals surface area contributed by atoms with Gasteiger partial charge in [0.25, 0.3) is 0 Å². The summed E-state index contributed by atoms with van der Waals surface area (Å²) in [5.74, 6) is -0.433. The molecule has 0 fully saturated rings. The van der Waals surface area contributed by atoms with Gasteiger partial charge in [-0.15, -0.1) is 0 Å². The van der Waals surface area contributed by atoms with Gasteiger partial charge in [-0.25, -0.2) is 9.59 Å². The number of carbonyl (C=O) groups is 2. The van der Waals surface area contributed by atoms with Gasteiger partial charge in [0, 0.05) is 0 Å². The Morgan fingerprint density at radius 3 is 2.35 bits per heavy atom. The molecule has 17 heavy (non-hydrogen) atoms. The van der Waals surface area contributed by atoms with Crippen molar-refractivity contribution in [2.45, 2.75) is 58.4 Å². The lowest BCUT2D eigenvalue weighted by Gasteiger charge is -2.11. The van der Waals surface area contributed by atoms with Crippen LogP contribution in [-0.2, 0) is 9.53 Å². The average molecular weight is 244 g/mol. The summed E-state index contributed by atoms with van der Waals surface area (Å²) in [4.78, 5) is 21.8. The van der Waals surface area contributed by atoms with E-state index in [-0.39, 0.29) is 0 Å². The van der Waals surface area contributed by atoms with Gasteiger partial charge in [-0.2, -0.15) is 0 Å². The third kappa shape index (κ3) is 9.66. The molecule has 0 aliphatic rings. The van der Waals surface area contributed by atoms with Crippen molar-refractivity contribution in [3.05, 3.63) is 0 Å². The summed E-state index contributed by atoms with van der Waals surface area (Å²) < 4.78 is 5.00. The van der Waals surface area contributed by atoms with Gasteiger partial charge in [0.15, 0.2) is 0 Å². The van der Waals surface area contributed by atoms with Crippen LogP contribution >= 0.6 is 0 Å². The summed E-state index contributed by atoms with van der Waals surface area (Å²) in [6.07, 6.45) is 6.86. The second-order valence-corrected chi connectivity index (χ2v) is 4.17. The fourth-order valence-electron chi connectivity index (χ4n) is 1.45. The maximum absolute atomic E-state index is 11.3. The predicted molar refractivity (Wildman–Crippen MR) is 66.5 cm³/mol. The lowest BCUT2D eigenvalue weighted by atomic mass is 10.1. The molecule has 0 aromatic carbocycles. The minimum absolute atomic E-state index is 0.412. The number of ether oxygens (including phenoxy) is 1. The summed E-state index contributed by atoms with van der Waals surface area (Å²) in [6.45, 7) is 4.14. The van der Waals surface area contributed by atoms with E-state index < -0.39 is 18.0 Å². The molecule has 0 unspecified atom stereocenters. The Labute approximate surface area is 103 Å². The topological polar surface area (TPSA) is 81.4 Å². The maximum atomic E-state index is 11.3. The van der Waals surface area contributed by atoms with Crippen LogP contribution in [0.3, 0.4) is 0 Å². The third-order valence-electron chi connectivity index (χ3n) is 2.45. The highest BCUT2D eigenvalue weighted by Crippen LogP contribution is 2.05. The summed E-state index contributed by atoms with van der Waals surface area (Å²) in [5.41, 5.74) is 4.90. The quantitative estimate of drug-likeness (QED) is 0.480. The average Bonchev–Trinajstić information content (AvgIpc) is 2.26. The largest absolute Gasteiger partial charge is 0.464 e. The number of rotatable bonds is 9. The summed E-state index contributed by atoms with van der Waals surface area (Å²) in [5, 5.41) is 2.28. The molecule has 5 nitrogen and oxygen atoms in total. The van der Waals surface area contributed by atoms with Crippen LogP contribution in [0.5, 0.6) is 0 Å². The SMILES string of the molecule is CCCCCCCCOC(=O)[C@H](C)NC(N)=O. The normalized spacial score (nSPS) is 11.9. The molecule has 0 rings (SSSR count). The van der Waals surface area contributed by atoms with E-state index in [1.54, 1.807) is 6.92 Å². The molecule has 0 heterocycles. The fourth-order valence-corrected chi connectivity index (χ4v) is 1.45. The van der Waals surface area contributed by atoms with Crippen molar-refractivity contribution in [3.8, 4) is 0 Å². The van der Waals surface area contributed by atoms with Crippen LogP contribution in [0.1, 0.15) is 52.4 Å². The number of carbonyl (C=O) groups excluding carboxylic acids is 2. The molecule has 0 radical (unpaired) electrons. The molecule has 0 aromatic heterocycles. The molecule has 0 aromatic rings. The molecule has 100 valence electrons. The van der Waals surface area contributed by atoms with Crippen molar-refractivity contribution in [2.24, 2.45) is 5.73 Å². The van der Waals surface area contributed by atoms with Crippen LogP contribution in [0.25, 0.3) is 0 Å². The third-order valence-corrected chi connectivity index (χ3v) is 2.45. The smallest absolute Gasteiger partial charge is 0.328 e. The minimum atomic E-state index is -0.714. The molecule has 0 bridgehead atoms. The summed E-state index contributed by atoms with van der Waals surface area (Å²) in [6, 6.07) is -1.39. The molecule has 0 aliphatic carbocycles. The number of hydrogen-bond acceptors (Lipinski definition) is 3. The first kappa shape index (κ1) is 15.7. The molecule has 0 spiro atoms. The van der Waals surface area contributed by atoms with Crippen molar-refractivity contribution >= 4 is 12.0 Å². The highest BCUT2D eigenvalue weighted by Gasteiger charge is 2.14. The summed E-state index contributed by atoms with van der Waals surface area (Å²) in [7, 11) is 0. The van der Waals surface area contributed by atoms with Crippen LogP contribution in [0.15, 0.2) is 0 Å². The molecular formula is C12H24N2O3. The van der Waals surface area contributed by atoms with Crippen molar-refractivity contribution in [2.75, 3.05) is 6.61 Å². The Morgan fingerprint density at radius 1 is 1.18 bits per heavy atom. The lowest BCUT2D eigenvalue weighted by Crippen LogP contribution is -2.42. The van der Waals surface area contributed by atoms with Gasteiger partial charge >= 0.3 is 12.0 Å². The first-order valence-electron chi connectivity index (χ1n) is 6.30. The standard InChI is InChI=1S/C12H24N2O3/c1-3-4-5-6-7-8-9-17-11(15)10(2)14-12(13)16/h10H,3-9H2,1-2H3,(H3,13,14,16)/t10-/m0/s1. The van der Waals surface area contributed by atoms with Crippen molar-refractivity contribution in [1.29, 1.82) is 0 Å². The van der Waals surface area contributed by atoms with E-state index >= 15 is 0 Å². The molecule has 2 amide bonds. The van der Waals surface area contributed by atoms with Crippen LogP contribution in [0.2, 0.25) is 0 Å². The van der Waals surface area contributed by atoms with Gasteiger partial charge in [-0.1, -0.05) is 39.0 Å². The summed E-state index contributed by atoms with van der Waals surface area (Å²) >= 11 is 0. The Hall–Kier alpha value is -1.26. The van der Waals surface area contributed by atoms with E-state index in [4.69, 9.17) is 10.5 Å². The number of hydrogen-bond donors (Lipinski definition) is 2. The van der Waals surface area contributed by atoms with E-state index in [1.165, 1.54) is 25.7 Å². The van der Waals surface area contributed by atoms with Gasteiger partial charge in [0.05, 0.1) is 6.61 Å². The van der Waals surface area contributed by atoms with E-state index in [9.17, 15) is 9.59 Å². The second-order valence-electron chi connectivity index (χ2n) is 4.17. The van der Waals surface area contributed by atoms with Crippen molar-refractivity contribution < 1.29 is 14.3 Å². The van der Waals surface area contributed by atoms with Gasteiger partial charge < -0.3 is 15.8 Å². The van der Waals surface area contributed by atoms with E-state index in [1.807, 2.05) is 0 Å². The highest BCUT2D eigenvalue weighted by molar-refractivity contribution is 5.82. The highest BCUT2D eigenvalue weighted by atomic mass is 16.5. The number of urea groups is 1.